The summed E-state index contributed by atoms with van der Waals surface area (Å²) >= 11 is 0. The van der Waals surface area contributed by atoms with Gasteiger partial charge in [0, 0.05) is 51.7 Å². The van der Waals surface area contributed by atoms with Crippen LogP contribution in [0.1, 0.15) is 102 Å². The molecule has 0 spiro atoms. The van der Waals surface area contributed by atoms with Gasteiger partial charge in [-0.3, -0.25) is 4.79 Å². The maximum absolute atomic E-state index is 14.4. The Labute approximate surface area is 347 Å². The third-order valence-corrected chi connectivity index (χ3v) is 13.4. The van der Waals surface area contributed by atoms with E-state index >= 15 is 0 Å². The first-order valence-corrected chi connectivity index (χ1v) is 21.3. The van der Waals surface area contributed by atoms with Gasteiger partial charge in [0.05, 0.1) is 42.0 Å². The molecule has 0 radical (unpaired) electrons. The zero-order valence-electron chi connectivity index (χ0n) is 38.1. The molecule has 16 nitrogen and oxygen atoms in total. The number of hydrogen-bond donors (Lipinski definition) is 7. The molecule has 16 heteroatoms. The van der Waals surface area contributed by atoms with Crippen LogP contribution in [0.15, 0.2) is 0 Å². The molecule has 3 aliphatic heterocycles. The molecule has 0 amide bonds. The molecule has 3 fully saturated rings. The van der Waals surface area contributed by atoms with Crippen molar-refractivity contribution < 1.29 is 63.5 Å². The van der Waals surface area contributed by atoms with Crippen molar-refractivity contribution in [1.82, 2.24) is 15.5 Å². The van der Waals surface area contributed by atoms with E-state index in [4.69, 9.17) is 33.2 Å². The van der Waals surface area contributed by atoms with Gasteiger partial charge in [-0.05, 0) is 101 Å². The van der Waals surface area contributed by atoms with E-state index in [9.17, 15) is 30.3 Å². The van der Waals surface area contributed by atoms with Gasteiger partial charge in [-0.2, -0.15) is 0 Å². The molecule has 3 aliphatic rings. The molecule has 3 saturated heterocycles. The average Bonchev–Trinajstić information content (AvgIpc) is 3.15. The van der Waals surface area contributed by atoms with Gasteiger partial charge in [0.25, 0.3) is 0 Å². The van der Waals surface area contributed by atoms with Crippen LogP contribution in [0.4, 0.5) is 0 Å². The molecular formula is C42H81N3O13. The van der Waals surface area contributed by atoms with Gasteiger partial charge in [-0.15, -0.1) is 0 Å². The molecular weight excluding hydrogens is 754 g/mol. The number of carbonyl (C=O) groups is 1. The molecule has 7 N–H and O–H groups in total. The molecule has 58 heavy (non-hydrogen) atoms. The van der Waals surface area contributed by atoms with Gasteiger partial charge in [-0.25, -0.2) is 0 Å². The maximum atomic E-state index is 14.4. The van der Waals surface area contributed by atoms with Gasteiger partial charge in [-0.1, -0.05) is 20.8 Å². The summed E-state index contributed by atoms with van der Waals surface area (Å²) < 4.78 is 43.7. The highest BCUT2D eigenvalue weighted by molar-refractivity contribution is 5.73. The van der Waals surface area contributed by atoms with Crippen LogP contribution < -0.4 is 10.6 Å². The monoisotopic (exact) mass is 836 g/mol. The minimum Gasteiger partial charge on any atom is -0.459 e. The van der Waals surface area contributed by atoms with E-state index in [1.807, 2.05) is 46.7 Å². The Morgan fingerprint density at radius 2 is 1.62 bits per heavy atom. The van der Waals surface area contributed by atoms with E-state index in [0.29, 0.717) is 19.5 Å². The van der Waals surface area contributed by atoms with E-state index in [2.05, 4.69) is 10.6 Å². The minimum absolute atomic E-state index is 0.0598. The number of esters is 1. The molecule has 1 unspecified atom stereocenters. The smallest absolute Gasteiger partial charge is 0.311 e. The maximum Gasteiger partial charge on any atom is 0.311 e. The lowest BCUT2D eigenvalue weighted by molar-refractivity contribution is -0.336. The molecule has 0 aromatic heterocycles. The van der Waals surface area contributed by atoms with E-state index in [0.717, 1.165) is 0 Å². The highest BCUT2D eigenvalue weighted by atomic mass is 16.7. The highest BCUT2D eigenvalue weighted by Gasteiger charge is 2.58. The Balaban J connectivity index is 2.14. The fraction of sp³-hybridized carbons (Fsp3) is 0.976. The summed E-state index contributed by atoms with van der Waals surface area (Å²) in [5.74, 6) is -2.72. The highest BCUT2D eigenvalue weighted by Crippen LogP contribution is 2.43. The van der Waals surface area contributed by atoms with E-state index in [1.54, 1.807) is 48.7 Å². The molecule has 0 aromatic rings. The Kier molecular flexibility index (Phi) is 18.4. The summed E-state index contributed by atoms with van der Waals surface area (Å²) in [6.45, 7) is 20.4. The number of ether oxygens (including phenoxy) is 7. The number of nitrogens with zero attached hydrogens (tertiary/aromatic N) is 1. The standard InChI is InChI=1S/C42H81N3O13/c1-16-31-41(11,50)35(47)28(7)44-20-23(2)18-39(9,49)36(58-38-33(46)30(45(12)13)17-24(3)54-38)26(5)34(27(6)37(48)56-31)57-32-19-40(10,53-15)42(51,29(8)55-32)22-43-21-25(4)52-14/h23-36,38,43-44,46-47,49-51H,16-22H2,1-15H3/t23-,24-,25?,26+,27-,28-,29+,30+,31-,32+,33-,34+,35-,36-,38+,39+,40-,41-,42-/m1/s1. The van der Waals surface area contributed by atoms with Crippen LogP contribution in [0.2, 0.25) is 0 Å². The van der Waals surface area contributed by atoms with Crippen molar-refractivity contribution in [3.63, 3.8) is 0 Å². The Morgan fingerprint density at radius 3 is 2.19 bits per heavy atom. The second-order valence-corrected chi connectivity index (χ2v) is 18.7. The number of aliphatic hydroxyl groups is 5. The van der Waals surface area contributed by atoms with Crippen molar-refractivity contribution >= 4 is 5.97 Å². The molecule has 0 aliphatic carbocycles. The van der Waals surface area contributed by atoms with Crippen molar-refractivity contribution in [3.8, 4) is 0 Å². The summed E-state index contributed by atoms with van der Waals surface area (Å²) in [6, 6.07) is -0.894. The van der Waals surface area contributed by atoms with Crippen LogP contribution in [-0.2, 0) is 38.0 Å². The Morgan fingerprint density at radius 1 is 0.983 bits per heavy atom. The lowest BCUT2D eigenvalue weighted by Gasteiger charge is -2.53. The summed E-state index contributed by atoms with van der Waals surface area (Å²) in [7, 11) is 6.90. The van der Waals surface area contributed by atoms with Gasteiger partial charge >= 0.3 is 5.97 Å². The minimum atomic E-state index is -1.82. The van der Waals surface area contributed by atoms with Crippen LogP contribution in [0.25, 0.3) is 0 Å². The normalized spacial score (nSPS) is 47.2. The van der Waals surface area contributed by atoms with Gasteiger partial charge in [0.1, 0.15) is 35.1 Å². The summed E-state index contributed by atoms with van der Waals surface area (Å²) in [6.07, 6.45) is -7.91. The summed E-state index contributed by atoms with van der Waals surface area (Å²) in [5, 5.41) is 66.0. The predicted molar refractivity (Wildman–Crippen MR) is 218 cm³/mol. The van der Waals surface area contributed by atoms with Crippen LogP contribution in [0, 0.1) is 17.8 Å². The number of carbonyl (C=O) groups excluding carboxylic acids is 1. The van der Waals surface area contributed by atoms with Gasteiger partial charge in [0.15, 0.2) is 12.6 Å². The number of nitrogens with one attached hydrogen (secondary N) is 2. The first kappa shape index (κ1) is 51.3. The van der Waals surface area contributed by atoms with Gasteiger partial charge < -0.3 is 74.2 Å². The number of aliphatic hydroxyl groups excluding tert-OH is 2. The number of methoxy groups -OCH3 is 2. The number of cyclic esters (lactones) is 1. The van der Waals surface area contributed by atoms with Crippen LogP contribution in [-0.4, -0.2) is 180 Å². The SMILES string of the molecule is CC[C@H]1OC(=O)[C@H](C)[C@@H](O[C@H]2C[C@@](C)(OC)[C@@](O)(CNCC(C)OC)[C@H](C)O2)[C@H](C)[C@@H](O[C@@H]2O[C@H](C)C[C@H](N(C)C)[C@H]2O)[C@@](C)(O)C[C@@H](C)CN[C@H](C)[C@@H](O)[C@]1(C)O. The Bertz CT molecular complexity index is 1280. The lowest BCUT2D eigenvalue weighted by atomic mass is 9.75. The number of likely N-dealkylation sites (N-methyl/N-ethyl adjacent to an activating group) is 1. The van der Waals surface area contributed by atoms with Crippen molar-refractivity contribution in [3.05, 3.63) is 0 Å². The lowest BCUT2D eigenvalue weighted by Crippen LogP contribution is -2.70. The fourth-order valence-electron chi connectivity index (χ4n) is 9.30. The van der Waals surface area contributed by atoms with Crippen LogP contribution in [0.5, 0.6) is 0 Å². The number of rotatable bonds is 12. The second-order valence-electron chi connectivity index (χ2n) is 18.7. The van der Waals surface area contributed by atoms with E-state index in [1.165, 1.54) is 14.0 Å². The quantitative estimate of drug-likeness (QED) is 0.139. The largest absolute Gasteiger partial charge is 0.459 e. The molecule has 3 heterocycles. The van der Waals surface area contributed by atoms with Crippen molar-refractivity contribution in [2.75, 3.05) is 47.9 Å². The Hall–Kier alpha value is -1.09. The number of hydrogen-bond acceptors (Lipinski definition) is 16. The molecule has 19 atom stereocenters. The molecule has 0 aromatic carbocycles. The first-order valence-electron chi connectivity index (χ1n) is 21.3. The molecule has 342 valence electrons. The predicted octanol–water partition coefficient (Wildman–Crippen LogP) is 1.55. The molecule has 3 rings (SSSR count). The molecule has 0 saturated carbocycles. The van der Waals surface area contributed by atoms with E-state index < -0.39 is 95.5 Å². The van der Waals surface area contributed by atoms with Crippen molar-refractivity contribution in [1.29, 1.82) is 0 Å². The van der Waals surface area contributed by atoms with E-state index in [-0.39, 0.29) is 50.0 Å². The zero-order chi connectivity index (χ0) is 44.1. The fourth-order valence-corrected chi connectivity index (χ4v) is 9.30. The average molecular weight is 836 g/mol. The zero-order valence-corrected chi connectivity index (χ0v) is 38.1. The first-order chi connectivity index (χ1) is 26.8. The topological polar surface area (TPSA) is 210 Å². The van der Waals surface area contributed by atoms with Crippen LogP contribution >= 0.6 is 0 Å². The van der Waals surface area contributed by atoms with Crippen molar-refractivity contribution in [2.24, 2.45) is 17.8 Å². The van der Waals surface area contributed by atoms with Crippen molar-refractivity contribution in [2.45, 2.75) is 198 Å². The third-order valence-electron chi connectivity index (χ3n) is 13.4. The van der Waals surface area contributed by atoms with Gasteiger partial charge in [0.2, 0.25) is 0 Å². The summed E-state index contributed by atoms with van der Waals surface area (Å²) in [5.41, 5.74) is -6.10. The third kappa shape index (κ3) is 11.7. The van der Waals surface area contributed by atoms with Crippen LogP contribution in [0.3, 0.4) is 0 Å². The second kappa shape index (κ2) is 20.9. The molecule has 0 bridgehead atoms. The summed E-state index contributed by atoms with van der Waals surface area (Å²) in [4.78, 5) is 16.3.